The number of ketones is 1. The van der Waals surface area contributed by atoms with E-state index in [4.69, 9.17) is 0 Å². The molecule has 8 nitrogen and oxygen atoms in total. The average Bonchev–Trinajstić information content (AvgIpc) is 3.28. The van der Waals surface area contributed by atoms with Crippen molar-refractivity contribution in [1.82, 2.24) is 5.32 Å². The van der Waals surface area contributed by atoms with E-state index in [9.17, 15) is 38.1 Å². The molecule has 29 heavy (non-hydrogen) atoms. The molecule has 1 N–H and O–H groups in total. The van der Waals surface area contributed by atoms with E-state index in [1.165, 1.54) is 6.92 Å². The third-order valence-corrected chi connectivity index (χ3v) is 6.07. The minimum absolute atomic E-state index is 0.0651. The summed E-state index contributed by atoms with van der Waals surface area (Å²) in [5.41, 5.74) is -2.91. The topological polar surface area (TPSA) is 116 Å². The number of amides is 1. The molecule has 1 atom stereocenters. The van der Waals surface area contributed by atoms with E-state index < -0.39 is 44.8 Å². The molecule has 1 aliphatic rings. The number of hydrogen-bond donors (Lipinski definition) is 1. The zero-order chi connectivity index (χ0) is 21.5. The number of fused-ring (bicyclic) bond motifs is 1. The van der Waals surface area contributed by atoms with Gasteiger partial charge in [-0.1, -0.05) is 12.8 Å². The van der Waals surface area contributed by atoms with Crippen molar-refractivity contribution in [3.63, 3.8) is 0 Å². The molecule has 0 saturated heterocycles. The Hall–Kier alpha value is -2.76. The molecule has 1 aliphatic carbocycles. The van der Waals surface area contributed by atoms with E-state index in [0.29, 0.717) is 23.5 Å². The molecule has 0 bridgehead atoms. The number of hydrogen-bond acceptors (Lipinski definition) is 6. The van der Waals surface area contributed by atoms with Crippen molar-refractivity contribution in [2.24, 2.45) is 5.92 Å². The van der Waals surface area contributed by atoms with Crippen molar-refractivity contribution < 1.29 is 32.4 Å². The molecule has 0 unspecified atom stereocenters. The first-order chi connectivity index (χ1) is 13.5. The van der Waals surface area contributed by atoms with Crippen molar-refractivity contribution in [1.29, 1.82) is 0 Å². The fourth-order valence-corrected chi connectivity index (χ4v) is 4.44. The Kier molecular flexibility index (Phi) is 5.48. The molecule has 0 aliphatic heterocycles. The van der Waals surface area contributed by atoms with Gasteiger partial charge in [-0.15, -0.1) is 4.73 Å². The Morgan fingerprint density at radius 3 is 2.48 bits per heavy atom. The Morgan fingerprint density at radius 2 is 1.93 bits per heavy atom. The van der Waals surface area contributed by atoms with E-state index in [1.807, 2.05) is 0 Å². The number of thiazole rings is 1. The van der Waals surface area contributed by atoms with Gasteiger partial charge in [0.2, 0.25) is 5.52 Å². The van der Waals surface area contributed by atoms with Crippen LogP contribution in [-0.2, 0) is 11.0 Å². The molecule has 1 heterocycles. The number of aromatic nitrogens is 1. The number of nitro benzene ring substituents is 1. The van der Waals surface area contributed by atoms with Gasteiger partial charge in [0.05, 0.1) is 16.5 Å². The van der Waals surface area contributed by atoms with Crippen molar-refractivity contribution >= 4 is 38.9 Å². The second-order valence-corrected chi connectivity index (χ2v) is 7.88. The Bertz CT molecular complexity index is 998. The number of nitrogens with one attached hydrogen (secondary N) is 1. The van der Waals surface area contributed by atoms with Gasteiger partial charge in [0.1, 0.15) is 0 Å². The zero-order valence-electron chi connectivity index (χ0n) is 15.1. The number of halogens is 3. The lowest BCUT2D eigenvalue weighted by Gasteiger charge is -2.15. The second kappa shape index (κ2) is 7.58. The summed E-state index contributed by atoms with van der Waals surface area (Å²) in [6.07, 6.45) is -1.64. The number of nitrogens with zero attached hydrogens (tertiary/aromatic N) is 2. The monoisotopic (exact) mass is 431 g/mol. The summed E-state index contributed by atoms with van der Waals surface area (Å²) < 4.78 is 38.6. The van der Waals surface area contributed by atoms with E-state index in [1.54, 1.807) is 0 Å². The Labute approximate surface area is 166 Å². The van der Waals surface area contributed by atoms with E-state index in [0.717, 1.165) is 25.7 Å². The van der Waals surface area contributed by atoms with E-state index in [-0.39, 0.29) is 21.1 Å². The molecule has 2 aromatic rings. The lowest BCUT2D eigenvalue weighted by molar-refractivity contribution is -0.574. The van der Waals surface area contributed by atoms with Crippen LogP contribution in [0.15, 0.2) is 12.1 Å². The van der Waals surface area contributed by atoms with Crippen molar-refractivity contribution in [3.05, 3.63) is 38.0 Å². The van der Waals surface area contributed by atoms with Crippen LogP contribution in [0.1, 0.15) is 48.0 Å². The largest absolute Gasteiger partial charge is 0.617 e. The minimum atomic E-state index is -4.90. The van der Waals surface area contributed by atoms with Crippen LogP contribution in [-0.4, -0.2) is 22.7 Å². The molecular weight excluding hydrogens is 415 g/mol. The summed E-state index contributed by atoms with van der Waals surface area (Å²) in [7, 11) is 0. The van der Waals surface area contributed by atoms with Gasteiger partial charge in [0.15, 0.2) is 10.5 Å². The van der Waals surface area contributed by atoms with Gasteiger partial charge in [-0.25, -0.2) is 0 Å². The Balaban J connectivity index is 1.96. The molecular formula is C17H16F3N3O5S. The van der Waals surface area contributed by atoms with Crippen LogP contribution >= 0.6 is 11.3 Å². The van der Waals surface area contributed by atoms with Crippen LogP contribution in [0.25, 0.3) is 10.2 Å². The molecule has 156 valence electrons. The highest BCUT2D eigenvalue weighted by Gasteiger charge is 2.38. The SMILES string of the molecule is C[C@H](NC(=O)c1sc2c([N+](=O)[O-])cc(C(F)(F)F)cc2[n+]1[O-])C(=O)C1CCCC1. The van der Waals surface area contributed by atoms with E-state index >= 15 is 0 Å². The third-order valence-electron chi connectivity index (χ3n) is 4.90. The summed E-state index contributed by atoms with van der Waals surface area (Å²) in [5.74, 6) is -1.33. The van der Waals surface area contributed by atoms with Crippen LogP contribution in [0.4, 0.5) is 18.9 Å². The molecule has 0 spiro atoms. The number of nitro groups is 1. The highest BCUT2D eigenvalue weighted by Crippen LogP contribution is 2.38. The standard InChI is InChI=1S/C17H16F3N3O5S/c1-8(13(24)9-4-2-3-5-9)21-15(25)16-22(26)11-6-10(17(18,19)20)7-12(23(27)28)14(11)29-16/h6-9H,2-5H2,1H3,(H,21,25)/t8-/m0/s1. The zero-order valence-corrected chi connectivity index (χ0v) is 15.9. The highest BCUT2D eigenvalue weighted by molar-refractivity contribution is 7.20. The van der Waals surface area contributed by atoms with Gasteiger partial charge in [0.25, 0.3) is 5.69 Å². The summed E-state index contributed by atoms with van der Waals surface area (Å²) in [6, 6.07) is -0.0980. The van der Waals surface area contributed by atoms with Gasteiger partial charge in [-0.3, -0.25) is 19.7 Å². The van der Waals surface area contributed by atoms with Gasteiger partial charge >= 0.3 is 17.1 Å². The fraction of sp³-hybridized carbons (Fsp3) is 0.471. The molecule has 12 heteroatoms. The third kappa shape index (κ3) is 4.02. The molecule has 1 aromatic carbocycles. The summed E-state index contributed by atoms with van der Waals surface area (Å²) in [5, 5.41) is 25.4. The van der Waals surface area contributed by atoms with Crippen molar-refractivity contribution in [2.75, 3.05) is 0 Å². The Morgan fingerprint density at radius 1 is 1.31 bits per heavy atom. The number of benzene rings is 1. The van der Waals surface area contributed by atoms with Gasteiger partial charge in [-0.2, -0.15) is 13.2 Å². The van der Waals surface area contributed by atoms with Crippen molar-refractivity contribution in [2.45, 2.75) is 44.8 Å². The minimum Gasteiger partial charge on any atom is -0.617 e. The fourth-order valence-electron chi connectivity index (χ4n) is 3.43. The first kappa shape index (κ1) is 21.0. The van der Waals surface area contributed by atoms with Gasteiger partial charge in [-0.05, 0) is 31.1 Å². The maximum Gasteiger partial charge on any atom is 0.416 e. The summed E-state index contributed by atoms with van der Waals surface area (Å²) in [6.45, 7) is 1.46. The number of carbonyl (C=O) groups is 2. The maximum absolute atomic E-state index is 13.0. The van der Waals surface area contributed by atoms with Crippen LogP contribution < -0.4 is 10.0 Å². The second-order valence-electron chi connectivity index (χ2n) is 6.88. The highest BCUT2D eigenvalue weighted by atomic mass is 32.1. The van der Waals surface area contributed by atoms with Crippen molar-refractivity contribution in [3.8, 4) is 0 Å². The maximum atomic E-state index is 13.0. The smallest absolute Gasteiger partial charge is 0.416 e. The first-order valence-electron chi connectivity index (χ1n) is 8.77. The quantitative estimate of drug-likeness (QED) is 0.337. The van der Waals surface area contributed by atoms with Crippen LogP contribution in [0.5, 0.6) is 0 Å². The molecule has 1 amide bonds. The lowest BCUT2D eigenvalue weighted by Crippen LogP contribution is -2.44. The van der Waals surface area contributed by atoms with Gasteiger partial charge < -0.3 is 10.5 Å². The number of non-ortho nitro benzene ring substituents is 1. The van der Waals surface area contributed by atoms with Crippen LogP contribution in [0, 0.1) is 21.2 Å². The molecule has 0 radical (unpaired) electrons. The number of rotatable bonds is 5. The molecule has 1 fully saturated rings. The molecule has 1 saturated carbocycles. The number of alkyl halides is 3. The van der Waals surface area contributed by atoms with E-state index in [2.05, 4.69) is 5.32 Å². The number of carbonyl (C=O) groups excluding carboxylic acids is 2. The predicted octanol–water partition coefficient (Wildman–Crippen LogP) is 3.34. The normalized spacial score (nSPS) is 16.1. The molecule has 1 aromatic heterocycles. The van der Waals surface area contributed by atoms with Crippen LogP contribution in [0.3, 0.4) is 0 Å². The first-order valence-corrected chi connectivity index (χ1v) is 9.58. The number of Topliss-reactive ketones (excluding diaryl/α,β-unsaturated/α-hetero) is 1. The summed E-state index contributed by atoms with van der Waals surface area (Å²) >= 11 is 0.410. The lowest BCUT2D eigenvalue weighted by atomic mass is 9.97. The summed E-state index contributed by atoms with van der Waals surface area (Å²) in [4.78, 5) is 35.0. The predicted molar refractivity (Wildman–Crippen MR) is 96.3 cm³/mol. The van der Waals surface area contributed by atoms with Crippen LogP contribution in [0.2, 0.25) is 0 Å². The average molecular weight is 431 g/mol. The van der Waals surface area contributed by atoms with Gasteiger partial charge in [0, 0.05) is 18.1 Å². The molecule has 3 rings (SSSR count).